The highest BCUT2D eigenvalue weighted by Gasteiger charge is 2.19. The molecule has 0 aromatic heterocycles. The van der Waals surface area contributed by atoms with E-state index in [-0.39, 0.29) is 26.1 Å². The van der Waals surface area contributed by atoms with Crippen molar-refractivity contribution < 1.29 is 38.5 Å². The number of esters is 3. The molecule has 0 aromatic carbocycles. The zero-order chi connectivity index (χ0) is 34.6. The van der Waals surface area contributed by atoms with Gasteiger partial charge in [0.25, 0.3) is 0 Å². The van der Waals surface area contributed by atoms with Gasteiger partial charge in [-0.25, -0.2) is 9.59 Å². The van der Waals surface area contributed by atoms with Crippen molar-refractivity contribution in [3.8, 4) is 0 Å². The molecule has 8 nitrogen and oxygen atoms in total. The van der Waals surface area contributed by atoms with E-state index in [1.54, 1.807) is 0 Å². The number of carbonyl (C=O) groups excluding carboxylic acids is 3. The molecule has 1 N–H and O–H groups in total. The topological polar surface area (TPSA) is 116 Å². The maximum atomic E-state index is 12.3. The predicted octanol–water partition coefficient (Wildman–Crippen LogP) is 10.6. The van der Waals surface area contributed by atoms with Gasteiger partial charge in [-0.3, -0.25) is 9.59 Å². The number of hydrogen-bond donors (Lipinski definition) is 1. The van der Waals surface area contributed by atoms with E-state index in [1.807, 2.05) is 0 Å². The highest BCUT2D eigenvalue weighted by molar-refractivity contribution is 5.90. The second kappa shape index (κ2) is 34.9. The molecule has 0 aliphatic carbocycles. The lowest BCUT2D eigenvalue weighted by molar-refractivity contribution is -0.163. The molecule has 0 aliphatic rings. The summed E-state index contributed by atoms with van der Waals surface area (Å²) in [6.45, 7) is 3.98. The Morgan fingerprint density at radius 1 is 0.468 bits per heavy atom. The van der Waals surface area contributed by atoms with E-state index >= 15 is 0 Å². The molecular formula is C39H70O8. The minimum Gasteiger partial charge on any atom is -0.478 e. The summed E-state index contributed by atoms with van der Waals surface area (Å²) >= 11 is 0. The van der Waals surface area contributed by atoms with Crippen LogP contribution in [0.25, 0.3) is 0 Å². The van der Waals surface area contributed by atoms with Gasteiger partial charge in [-0.1, -0.05) is 168 Å². The molecule has 0 rings (SSSR count). The van der Waals surface area contributed by atoms with Gasteiger partial charge in [0, 0.05) is 25.0 Å². The smallest absolute Gasteiger partial charge is 0.331 e. The summed E-state index contributed by atoms with van der Waals surface area (Å²) in [5.74, 6) is -2.98. The first kappa shape index (κ1) is 44.6. The van der Waals surface area contributed by atoms with Crippen LogP contribution >= 0.6 is 0 Å². The van der Waals surface area contributed by atoms with Crippen LogP contribution in [0.3, 0.4) is 0 Å². The predicted molar refractivity (Wildman–Crippen MR) is 189 cm³/mol. The minimum atomic E-state index is -1.29. The Morgan fingerprint density at radius 2 is 0.766 bits per heavy atom. The Bertz CT molecular complexity index is 748. The second-order valence-electron chi connectivity index (χ2n) is 13.1. The third-order valence-corrected chi connectivity index (χ3v) is 8.47. The Morgan fingerprint density at radius 3 is 1.06 bits per heavy atom. The average Bonchev–Trinajstić information content (AvgIpc) is 3.05. The molecule has 0 aliphatic heterocycles. The van der Waals surface area contributed by atoms with Gasteiger partial charge in [0.1, 0.15) is 13.2 Å². The Hall–Kier alpha value is -2.38. The van der Waals surface area contributed by atoms with E-state index in [1.165, 1.54) is 128 Å². The van der Waals surface area contributed by atoms with Crippen molar-refractivity contribution >= 4 is 23.9 Å². The molecule has 274 valence electrons. The molecule has 0 unspecified atom stereocenters. The number of rotatable bonds is 35. The maximum Gasteiger partial charge on any atom is 0.331 e. The largest absolute Gasteiger partial charge is 0.478 e. The van der Waals surface area contributed by atoms with Crippen LogP contribution in [0.2, 0.25) is 0 Å². The third kappa shape index (κ3) is 34.8. The summed E-state index contributed by atoms with van der Waals surface area (Å²) in [6.07, 6.45) is 32.7. The molecule has 0 saturated carbocycles. The monoisotopic (exact) mass is 667 g/mol. The fraction of sp³-hybridized carbons (Fsp3) is 0.846. The highest BCUT2D eigenvalue weighted by atomic mass is 16.6. The van der Waals surface area contributed by atoms with E-state index in [0.717, 1.165) is 44.6 Å². The number of ether oxygens (including phenoxy) is 3. The molecule has 8 heteroatoms. The van der Waals surface area contributed by atoms with E-state index in [2.05, 4.69) is 13.8 Å². The van der Waals surface area contributed by atoms with E-state index in [4.69, 9.17) is 19.3 Å². The fourth-order valence-corrected chi connectivity index (χ4v) is 5.55. The first-order valence-corrected chi connectivity index (χ1v) is 19.3. The normalized spacial score (nSPS) is 11.3. The lowest BCUT2D eigenvalue weighted by atomic mass is 10.0. The molecule has 0 amide bonds. The van der Waals surface area contributed by atoms with Crippen LogP contribution in [0.15, 0.2) is 12.2 Å². The van der Waals surface area contributed by atoms with Crippen LogP contribution in [0.1, 0.15) is 194 Å². The number of hydrogen-bond acceptors (Lipinski definition) is 7. The summed E-state index contributed by atoms with van der Waals surface area (Å²) in [4.78, 5) is 47.3. The van der Waals surface area contributed by atoms with Gasteiger partial charge >= 0.3 is 23.9 Å². The number of carboxylic acid groups (broad SMARTS) is 1. The number of unbranched alkanes of at least 4 members (excludes halogenated alkanes) is 24. The van der Waals surface area contributed by atoms with Crippen molar-refractivity contribution in [1.82, 2.24) is 0 Å². The molecular weight excluding hydrogens is 596 g/mol. The van der Waals surface area contributed by atoms with Crippen LogP contribution in [0.4, 0.5) is 0 Å². The summed E-state index contributed by atoms with van der Waals surface area (Å²) in [7, 11) is 0. The first-order chi connectivity index (χ1) is 22.9. The Labute approximate surface area is 287 Å². The molecule has 0 atom stereocenters. The number of carbonyl (C=O) groups is 4. The quantitative estimate of drug-likeness (QED) is 0.0307. The van der Waals surface area contributed by atoms with Gasteiger partial charge < -0.3 is 19.3 Å². The molecule has 47 heavy (non-hydrogen) atoms. The van der Waals surface area contributed by atoms with E-state index < -0.39 is 30.0 Å². The number of aliphatic carboxylic acids is 1. The minimum absolute atomic E-state index is 0.254. The van der Waals surface area contributed by atoms with E-state index in [0.29, 0.717) is 6.08 Å². The third-order valence-electron chi connectivity index (χ3n) is 8.47. The zero-order valence-corrected chi connectivity index (χ0v) is 30.3. The molecule has 0 fully saturated rings. The van der Waals surface area contributed by atoms with Crippen LogP contribution in [0.5, 0.6) is 0 Å². The van der Waals surface area contributed by atoms with Gasteiger partial charge in [0.2, 0.25) is 0 Å². The van der Waals surface area contributed by atoms with Gasteiger partial charge in [-0.15, -0.1) is 0 Å². The molecule has 0 heterocycles. The van der Waals surface area contributed by atoms with E-state index in [9.17, 15) is 19.2 Å². The SMILES string of the molecule is CCCCCCCCCCCCCCCC(=O)OCC(COC(=O)CCCCCCCCCCCCCCC)OC(=O)/C=C/C(=O)O. The Kier molecular flexibility index (Phi) is 33.2. The summed E-state index contributed by atoms with van der Waals surface area (Å²) in [6, 6.07) is 0. The highest BCUT2D eigenvalue weighted by Crippen LogP contribution is 2.15. The molecule has 0 aromatic rings. The summed E-state index contributed by atoms with van der Waals surface area (Å²) in [5.41, 5.74) is 0. The summed E-state index contributed by atoms with van der Waals surface area (Å²) in [5, 5.41) is 8.75. The zero-order valence-electron chi connectivity index (χ0n) is 30.3. The fourth-order valence-electron chi connectivity index (χ4n) is 5.55. The van der Waals surface area contributed by atoms with Crippen molar-refractivity contribution in [2.45, 2.75) is 200 Å². The summed E-state index contributed by atoms with van der Waals surface area (Å²) < 4.78 is 15.8. The molecule has 0 bridgehead atoms. The van der Waals surface area contributed by atoms with Crippen molar-refractivity contribution in [2.75, 3.05) is 13.2 Å². The van der Waals surface area contributed by atoms with Gasteiger partial charge in [-0.2, -0.15) is 0 Å². The molecule has 0 radical (unpaired) electrons. The van der Waals surface area contributed by atoms with Crippen LogP contribution < -0.4 is 0 Å². The first-order valence-electron chi connectivity index (χ1n) is 19.3. The van der Waals surface area contributed by atoms with Crippen molar-refractivity contribution in [3.63, 3.8) is 0 Å². The van der Waals surface area contributed by atoms with Crippen molar-refractivity contribution in [3.05, 3.63) is 12.2 Å². The van der Waals surface area contributed by atoms with Crippen molar-refractivity contribution in [2.24, 2.45) is 0 Å². The van der Waals surface area contributed by atoms with Gasteiger partial charge in [0.15, 0.2) is 6.10 Å². The van der Waals surface area contributed by atoms with Gasteiger partial charge in [0.05, 0.1) is 0 Å². The standard InChI is InChI=1S/C39H70O8/c1-3-5-7-9-11-13-15-17-19-21-23-25-27-29-37(42)45-33-35(47-39(44)32-31-36(40)41)34-46-38(43)30-28-26-24-22-20-18-16-14-12-10-8-6-4-2/h31-32,35H,3-30,33-34H2,1-2H3,(H,40,41)/b32-31+. The molecule has 0 saturated heterocycles. The second-order valence-corrected chi connectivity index (χ2v) is 13.1. The van der Waals surface area contributed by atoms with Crippen LogP contribution in [-0.2, 0) is 33.4 Å². The van der Waals surface area contributed by atoms with Crippen LogP contribution in [-0.4, -0.2) is 48.3 Å². The maximum absolute atomic E-state index is 12.3. The molecule has 0 spiro atoms. The Balaban J connectivity index is 4.10. The van der Waals surface area contributed by atoms with Crippen molar-refractivity contribution in [1.29, 1.82) is 0 Å². The lowest BCUT2D eigenvalue weighted by Gasteiger charge is -2.17. The lowest BCUT2D eigenvalue weighted by Crippen LogP contribution is -2.30. The average molecular weight is 667 g/mol. The van der Waals surface area contributed by atoms with Crippen LogP contribution in [0, 0.1) is 0 Å². The number of carboxylic acids is 1. The van der Waals surface area contributed by atoms with Gasteiger partial charge in [-0.05, 0) is 12.8 Å².